The maximum absolute atomic E-state index is 10.3. The van der Waals surface area contributed by atoms with Crippen LogP contribution in [-0.2, 0) is 9.59 Å². The Balaban J connectivity index is -0.000000119. The SMILES string of the molecule is C1CNCCN1.NC1CCC(N)CC1.NCCCCCCCCCCCCN.NCCCCCCCCCCCN.NCCCCCCCCCN.NCCCCCCCCN.NCCCCCCCCNCCCN.NCCCCCCCN.NCCCCCN.NCCCCN.NCCCCN=C(N)N.NCCCCNC(N)=O.NCCCCNCC[C@H](N)C(=O)O.NCCCN.NCCCNCC[C@H](N)C(=O)O. The van der Waals surface area contributed by atoms with E-state index in [1.54, 1.807) is 0 Å². The summed E-state index contributed by atoms with van der Waals surface area (Å²) in [6.45, 7) is 28.6. The molecular weight excluding hydrogens is 1850 g/mol. The normalized spacial score (nSPS) is 12.7. The lowest BCUT2D eigenvalue weighted by Crippen LogP contribution is -2.39. The summed E-state index contributed by atoms with van der Waals surface area (Å²) in [6, 6.07) is -1.09. The van der Waals surface area contributed by atoms with Crippen molar-refractivity contribution in [3.8, 4) is 0 Å². The molecule has 0 unspecified atom stereocenters. The maximum Gasteiger partial charge on any atom is 0.320 e. The predicted octanol–water partition coefficient (Wildman–Crippen LogP) is 4.86. The van der Waals surface area contributed by atoms with Gasteiger partial charge in [-0.2, -0.15) is 0 Å². The van der Waals surface area contributed by atoms with E-state index in [1.165, 1.54) is 283 Å². The fourth-order valence-corrected chi connectivity index (χ4v) is 12.9. The highest BCUT2D eigenvalue weighted by Gasteiger charge is 2.14. The molecular formula is C105H264N36O5. The molecule has 0 aromatic rings. The number of carboxylic acids is 2. The first-order chi connectivity index (χ1) is 70.9. The van der Waals surface area contributed by atoms with Gasteiger partial charge in [0.2, 0.25) is 0 Å². The number of urea groups is 1. The van der Waals surface area contributed by atoms with Crippen LogP contribution in [0.4, 0.5) is 4.79 Å². The second-order valence-electron chi connectivity index (χ2n) is 37.0. The molecule has 0 spiro atoms. The van der Waals surface area contributed by atoms with Crippen LogP contribution in [0.2, 0.25) is 0 Å². The van der Waals surface area contributed by atoms with Gasteiger partial charge in [-0.1, -0.05) is 205 Å². The Morgan fingerprint density at radius 2 is 0.384 bits per heavy atom. The highest BCUT2D eigenvalue weighted by atomic mass is 16.4. The molecule has 2 atom stereocenters. The zero-order valence-corrected chi connectivity index (χ0v) is 95.2. The minimum atomic E-state index is -0.948. The molecule has 0 bridgehead atoms. The van der Waals surface area contributed by atoms with E-state index < -0.39 is 30.1 Å². The molecule has 1 aliphatic carbocycles. The second-order valence-corrected chi connectivity index (χ2v) is 37.0. The highest BCUT2D eigenvalue weighted by Crippen LogP contribution is 2.15. The summed E-state index contributed by atoms with van der Waals surface area (Å²) < 4.78 is 0. The summed E-state index contributed by atoms with van der Waals surface area (Å²) >= 11 is 0. The first kappa shape index (κ1) is 170. The fourth-order valence-electron chi connectivity index (χ4n) is 12.9. The molecule has 0 radical (unpaired) electrons. The molecule has 894 valence electrons. The number of guanidine groups is 1. The van der Waals surface area contributed by atoms with Crippen LogP contribution >= 0.6 is 0 Å². The lowest BCUT2D eigenvalue weighted by atomic mass is 9.93. The van der Waals surface area contributed by atoms with Gasteiger partial charge in [0.1, 0.15) is 12.1 Å². The number of rotatable bonds is 85. The molecule has 41 heteroatoms. The van der Waals surface area contributed by atoms with Crippen LogP contribution in [0.25, 0.3) is 0 Å². The van der Waals surface area contributed by atoms with E-state index in [-0.39, 0.29) is 5.96 Å². The van der Waals surface area contributed by atoms with Gasteiger partial charge in [0, 0.05) is 51.4 Å². The fraction of sp³-hybridized carbons (Fsp3) is 0.962. The van der Waals surface area contributed by atoms with Gasteiger partial charge in [0.25, 0.3) is 0 Å². The zero-order chi connectivity index (χ0) is 112. The number of unbranched alkanes of at least 4 members (excludes halogenated alkanes) is 43. The van der Waals surface area contributed by atoms with Crippen LogP contribution in [0.15, 0.2) is 4.99 Å². The number of piperazine rings is 1. The number of aliphatic imine (C=N–C) groups is 1. The molecule has 1 saturated heterocycles. The molecule has 2 aliphatic rings. The third kappa shape index (κ3) is 228. The zero-order valence-electron chi connectivity index (χ0n) is 95.2. The van der Waals surface area contributed by atoms with Gasteiger partial charge in [-0.3, -0.25) is 14.6 Å². The number of carboxylic acid groups (broad SMARTS) is 2. The molecule has 2 amide bonds. The van der Waals surface area contributed by atoms with Crippen LogP contribution < -0.4 is 198 Å². The first-order valence-electron chi connectivity index (χ1n) is 58.4. The van der Waals surface area contributed by atoms with Crippen LogP contribution in [0.3, 0.4) is 0 Å². The van der Waals surface area contributed by atoms with Crippen LogP contribution in [0.5, 0.6) is 0 Å². The molecule has 1 aliphatic heterocycles. The quantitative estimate of drug-likeness (QED) is 0.0220. The van der Waals surface area contributed by atoms with Crippen molar-refractivity contribution in [1.82, 2.24) is 31.9 Å². The molecule has 0 aromatic carbocycles. The van der Waals surface area contributed by atoms with Crippen molar-refractivity contribution in [2.75, 3.05) is 223 Å². The van der Waals surface area contributed by atoms with Crippen LogP contribution in [-0.4, -0.2) is 281 Å². The third-order valence-corrected chi connectivity index (χ3v) is 22.3. The average molecular weight is 2110 g/mol. The molecule has 66 N–H and O–H groups in total. The second kappa shape index (κ2) is 180. The Hall–Kier alpha value is -3.76. The number of primary amides is 1. The third-order valence-electron chi connectivity index (χ3n) is 22.3. The standard InChI is InChI=1S/C12H28N2.C11H27N3.C11H26N2.C9H22N2.C8H19N3O2.C8H20N2.C7H17N3O2.C7H18N2.C6H14N2.C5H14N4.C5H13N3O.C5H14N2.C4H10N2.C4H12N2.C3H10N2/c13-11-9-7-5-3-1-2-4-6-8-10-12-14;12-8-5-3-1-2-4-6-10-14-11-7-9-13;12-10-8-6-4-2-1-3-5-7-9-11-13;10-8-6-4-2-1-3-5-7-9-11;9-4-1-2-5-11-6-3-7(10)8(12)13;9-7-5-3-1-2-4-6-8-10;8-3-1-4-10-5-2-6(9)7(11)12;8-6-4-2-1-3-5-7-9;7-5-1-2-6(8)4-3-5;6-3-1-2-4-9-5(7)8;6-3-1-2-4-8-5(7)9;6-4-2-1-3-5-7;1-2-6-4-3-5-1;5-3-1-2-4-6;4-2-1-3-5/h1-14H2;14H,1-13H2;1-13H2;1-11H2;7,11H,1-6,9-10H2,(H,12,13);1-10H2;6,10H,1-5,8-9H2,(H,11,12);1-9H2;5-6H,1-4,7-8H2;1-4,6H2,(H4,7,8,9);1-4,6H2,(H3,7,8,9);1-7H2;5-6H,1-4H2;1-6H2;1-5H2/t;;;;7-;;6-;;;;;;;;/m....0.0......../s1. The van der Waals surface area contributed by atoms with E-state index in [1.807, 2.05) is 0 Å². The van der Waals surface area contributed by atoms with Crippen molar-refractivity contribution in [1.29, 1.82) is 0 Å². The minimum absolute atomic E-state index is 0.159. The Morgan fingerprint density at radius 3 is 0.568 bits per heavy atom. The van der Waals surface area contributed by atoms with Gasteiger partial charge in [0.15, 0.2) is 5.96 Å². The number of aliphatic carboxylic acids is 2. The number of nitrogens with one attached hydrogen (secondary N) is 6. The number of nitrogens with two attached hydrogens (primary N) is 29. The van der Waals surface area contributed by atoms with Gasteiger partial charge in [-0.15, -0.1) is 0 Å². The summed E-state index contributed by atoms with van der Waals surface area (Å²) in [6.07, 6.45) is 75.8. The molecule has 1 saturated carbocycles. The number of hydrogen-bond acceptors (Lipinski definition) is 35. The van der Waals surface area contributed by atoms with E-state index in [4.69, 9.17) is 176 Å². The van der Waals surface area contributed by atoms with Gasteiger partial charge in [-0.25, -0.2) is 4.79 Å². The van der Waals surface area contributed by atoms with Crippen molar-refractivity contribution in [3.63, 3.8) is 0 Å². The largest absolute Gasteiger partial charge is 0.480 e. The van der Waals surface area contributed by atoms with E-state index in [2.05, 4.69) is 36.9 Å². The van der Waals surface area contributed by atoms with E-state index >= 15 is 0 Å². The number of hydrogen-bond donors (Lipinski definition) is 37. The Morgan fingerprint density at radius 1 is 0.226 bits per heavy atom. The summed E-state index contributed by atoms with van der Waals surface area (Å²) in [5.41, 5.74) is 153. The van der Waals surface area contributed by atoms with Crippen molar-refractivity contribution in [2.24, 2.45) is 171 Å². The molecule has 1 heterocycles. The predicted molar refractivity (Wildman–Crippen MR) is 640 cm³/mol. The summed E-state index contributed by atoms with van der Waals surface area (Å²) in [5.74, 6) is -1.73. The number of carbonyl (C=O) groups is 3. The van der Waals surface area contributed by atoms with Crippen molar-refractivity contribution in [3.05, 3.63) is 0 Å². The summed E-state index contributed by atoms with van der Waals surface area (Å²) in [7, 11) is 0. The van der Waals surface area contributed by atoms with E-state index in [0.29, 0.717) is 77.3 Å². The Labute approximate surface area is 898 Å². The highest BCUT2D eigenvalue weighted by molar-refractivity contribution is 5.75. The monoisotopic (exact) mass is 2110 g/mol. The topological polar surface area (TPSA) is 931 Å². The van der Waals surface area contributed by atoms with Crippen LogP contribution in [0.1, 0.15) is 405 Å². The van der Waals surface area contributed by atoms with Gasteiger partial charge < -0.3 is 208 Å². The number of amides is 2. The van der Waals surface area contributed by atoms with Crippen molar-refractivity contribution >= 4 is 23.9 Å². The van der Waals surface area contributed by atoms with Crippen molar-refractivity contribution < 1.29 is 24.6 Å². The summed E-state index contributed by atoms with van der Waals surface area (Å²) in [4.78, 5) is 34.4. The molecule has 0 aromatic heterocycles. The maximum atomic E-state index is 10.3. The minimum Gasteiger partial charge on any atom is -0.480 e. The van der Waals surface area contributed by atoms with Crippen LogP contribution in [0, 0.1) is 0 Å². The van der Waals surface area contributed by atoms with Crippen molar-refractivity contribution in [2.45, 2.75) is 429 Å². The lowest BCUT2D eigenvalue weighted by molar-refractivity contribution is -0.139. The van der Waals surface area contributed by atoms with E-state index in [9.17, 15) is 14.4 Å². The number of nitrogens with zero attached hydrogens (tertiary/aromatic N) is 1. The first-order valence-corrected chi connectivity index (χ1v) is 58.4. The van der Waals surface area contributed by atoms with Gasteiger partial charge >= 0.3 is 18.0 Å². The van der Waals surface area contributed by atoms with Gasteiger partial charge in [-0.05, 0) is 382 Å². The van der Waals surface area contributed by atoms with E-state index in [0.717, 1.165) is 279 Å². The number of carbonyl (C=O) groups excluding carboxylic acids is 1. The molecule has 41 nitrogen and oxygen atoms in total. The van der Waals surface area contributed by atoms with Gasteiger partial charge in [0.05, 0.1) is 0 Å². The molecule has 2 rings (SSSR count). The summed E-state index contributed by atoms with van der Waals surface area (Å²) in [5, 5.41) is 35.3. The Kier molecular flexibility index (Phi) is 209. The molecule has 2 fully saturated rings. The smallest absolute Gasteiger partial charge is 0.320 e. The average Bonchev–Trinajstić information content (AvgIpc) is 0.957. The molecule has 146 heavy (non-hydrogen) atoms. The lowest BCUT2D eigenvalue weighted by Gasteiger charge is -2.22. The Bertz CT molecular complexity index is 2010.